The van der Waals surface area contributed by atoms with E-state index < -0.39 is 33.5 Å². The molecule has 0 unspecified atom stereocenters. The Hall–Kier alpha value is -2.88. The molecule has 144 valence electrons. The molecule has 0 saturated carbocycles. The summed E-state index contributed by atoms with van der Waals surface area (Å²) in [6.07, 6.45) is -4.66. The average Bonchev–Trinajstić information content (AvgIpc) is 2.61. The molecule has 0 amide bonds. The largest absolute Gasteiger partial charge is 0.464 e. The van der Waals surface area contributed by atoms with Crippen LogP contribution in [0.1, 0.15) is 16.7 Å². The second-order valence-corrected chi connectivity index (χ2v) is 6.88. The van der Waals surface area contributed by atoms with Crippen LogP contribution in [0.2, 0.25) is 0 Å². The molecule has 6 nitrogen and oxygen atoms in total. The third-order valence-corrected chi connectivity index (χ3v) is 4.50. The maximum absolute atomic E-state index is 12.9. The normalized spacial score (nSPS) is 12.6. The first-order valence-electron chi connectivity index (χ1n) is 7.39. The lowest BCUT2D eigenvalue weighted by Crippen LogP contribution is -2.19. The predicted molar refractivity (Wildman–Crippen MR) is 89.4 cm³/mol. The maximum Gasteiger partial charge on any atom is 0.416 e. The Labute approximate surface area is 153 Å². The number of aryl methyl sites for hydroxylation is 1. The van der Waals surface area contributed by atoms with E-state index in [2.05, 4.69) is 14.2 Å². The highest BCUT2D eigenvalue weighted by Crippen LogP contribution is 2.29. The van der Waals surface area contributed by atoms with Crippen LogP contribution < -0.4 is 0 Å². The van der Waals surface area contributed by atoms with Gasteiger partial charge in [-0.1, -0.05) is 35.0 Å². The Morgan fingerprint density at radius 2 is 1.70 bits per heavy atom. The summed E-state index contributed by atoms with van der Waals surface area (Å²) in [6.45, 7) is 1.75. The number of methoxy groups -OCH3 is 1. The maximum atomic E-state index is 12.9. The van der Waals surface area contributed by atoms with Gasteiger partial charge in [-0.05, 0) is 31.2 Å². The Kier molecular flexibility index (Phi) is 5.89. The molecule has 0 aliphatic heterocycles. The summed E-state index contributed by atoms with van der Waals surface area (Å²) in [5, 5.41) is 3.25. The Morgan fingerprint density at radius 3 is 2.26 bits per heavy atom. The van der Waals surface area contributed by atoms with Crippen LogP contribution >= 0.6 is 0 Å². The first-order chi connectivity index (χ1) is 12.5. The molecule has 0 atom stereocenters. The first-order valence-corrected chi connectivity index (χ1v) is 8.79. The fourth-order valence-corrected chi connectivity index (χ4v) is 2.71. The number of esters is 1. The third kappa shape index (κ3) is 5.07. The van der Waals surface area contributed by atoms with E-state index in [9.17, 15) is 26.4 Å². The predicted octanol–water partition coefficient (Wildman–Crippen LogP) is 3.30. The molecule has 0 N–H and O–H groups in total. The topological polar surface area (TPSA) is 82.0 Å². The number of hydrogen-bond donors (Lipinski definition) is 0. The molecule has 0 saturated heterocycles. The molecule has 0 spiro atoms. The lowest BCUT2D eigenvalue weighted by atomic mass is 10.1. The highest BCUT2D eigenvalue weighted by molar-refractivity contribution is 7.86. The number of ether oxygens (including phenoxy) is 1. The number of benzene rings is 2. The fourth-order valence-electron chi connectivity index (χ4n) is 1.98. The average molecular weight is 401 g/mol. The number of alkyl halides is 3. The van der Waals surface area contributed by atoms with Gasteiger partial charge in [-0.15, -0.1) is 0 Å². The second kappa shape index (κ2) is 7.78. The van der Waals surface area contributed by atoms with Crippen molar-refractivity contribution in [2.75, 3.05) is 7.11 Å². The van der Waals surface area contributed by atoms with E-state index in [0.29, 0.717) is 6.07 Å². The van der Waals surface area contributed by atoms with E-state index in [0.717, 1.165) is 30.9 Å². The van der Waals surface area contributed by atoms with Crippen molar-refractivity contribution >= 4 is 21.8 Å². The molecule has 10 heteroatoms. The van der Waals surface area contributed by atoms with Gasteiger partial charge in [-0.3, -0.25) is 4.28 Å². The van der Waals surface area contributed by atoms with Crippen molar-refractivity contribution in [3.8, 4) is 0 Å². The molecular weight excluding hydrogens is 387 g/mol. The van der Waals surface area contributed by atoms with Gasteiger partial charge in [-0.25, -0.2) is 4.79 Å². The molecule has 0 aliphatic carbocycles. The Balaban J connectivity index is 2.42. The van der Waals surface area contributed by atoms with Gasteiger partial charge >= 0.3 is 22.3 Å². The number of oxime groups is 1. The minimum Gasteiger partial charge on any atom is -0.464 e. The number of rotatable bonds is 5. The summed E-state index contributed by atoms with van der Waals surface area (Å²) in [6, 6.07) is 9.20. The summed E-state index contributed by atoms with van der Waals surface area (Å²) in [7, 11) is -3.41. The molecule has 2 rings (SSSR count). The van der Waals surface area contributed by atoms with Crippen LogP contribution in [0.4, 0.5) is 13.2 Å². The molecule has 0 bridgehead atoms. The van der Waals surface area contributed by atoms with Gasteiger partial charge in [0.1, 0.15) is 4.90 Å². The Bertz CT molecular complexity index is 967. The van der Waals surface area contributed by atoms with Crippen molar-refractivity contribution in [2.45, 2.75) is 18.0 Å². The van der Waals surface area contributed by atoms with Crippen LogP contribution in [0, 0.1) is 6.92 Å². The van der Waals surface area contributed by atoms with Crippen molar-refractivity contribution in [1.29, 1.82) is 0 Å². The second-order valence-electron chi connectivity index (χ2n) is 5.35. The van der Waals surface area contributed by atoms with Crippen LogP contribution in [0.5, 0.6) is 0 Å². The summed E-state index contributed by atoms with van der Waals surface area (Å²) in [5.74, 6) is -1.16. The van der Waals surface area contributed by atoms with Crippen molar-refractivity contribution in [2.24, 2.45) is 5.16 Å². The summed E-state index contributed by atoms with van der Waals surface area (Å²) < 4.78 is 71.8. The molecule has 27 heavy (non-hydrogen) atoms. The lowest BCUT2D eigenvalue weighted by molar-refractivity contribution is -0.137. The van der Waals surface area contributed by atoms with Gasteiger partial charge in [0.2, 0.25) is 0 Å². The SMILES string of the molecule is COC(=O)/C(=N/OS(=O)(=O)c1ccc(C)cc1)c1cccc(C(F)(F)F)c1. The van der Waals surface area contributed by atoms with Crippen LogP contribution in [0.25, 0.3) is 0 Å². The van der Waals surface area contributed by atoms with Crippen molar-refractivity contribution in [1.82, 2.24) is 0 Å². The number of carbonyl (C=O) groups excluding carboxylic acids is 1. The molecule has 0 aliphatic rings. The van der Waals surface area contributed by atoms with E-state index >= 15 is 0 Å². The first kappa shape index (κ1) is 20.4. The van der Waals surface area contributed by atoms with Crippen LogP contribution in [-0.4, -0.2) is 27.2 Å². The number of hydrogen-bond acceptors (Lipinski definition) is 6. The zero-order valence-electron chi connectivity index (χ0n) is 14.1. The van der Waals surface area contributed by atoms with Crippen molar-refractivity contribution in [3.05, 3.63) is 65.2 Å². The zero-order valence-corrected chi connectivity index (χ0v) is 15.0. The standard InChI is InChI=1S/C17H14F3NO5S/c1-11-6-8-14(9-7-11)27(23,24)26-21-15(16(22)25-2)12-4-3-5-13(10-12)17(18,19)20/h3-10H,1-2H3/b21-15+. The quantitative estimate of drug-likeness (QED) is 0.436. The molecule has 2 aromatic rings. The number of carbonyl (C=O) groups is 1. The fraction of sp³-hybridized carbons (Fsp3) is 0.176. The molecule has 0 aromatic heterocycles. The molecule has 0 radical (unpaired) electrons. The highest BCUT2D eigenvalue weighted by atomic mass is 32.2. The smallest absolute Gasteiger partial charge is 0.416 e. The molecule has 2 aromatic carbocycles. The van der Waals surface area contributed by atoms with Gasteiger partial charge < -0.3 is 4.74 Å². The number of halogens is 3. The lowest BCUT2D eigenvalue weighted by Gasteiger charge is -2.09. The summed E-state index contributed by atoms with van der Waals surface area (Å²) >= 11 is 0. The minimum absolute atomic E-state index is 0.231. The van der Waals surface area contributed by atoms with Crippen LogP contribution in [0.3, 0.4) is 0 Å². The van der Waals surface area contributed by atoms with Crippen LogP contribution in [0.15, 0.2) is 58.6 Å². The summed E-state index contributed by atoms with van der Waals surface area (Å²) in [4.78, 5) is 11.6. The molecule has 0 heterocycles. The van der Waals surface area contributed by atoms with Crippen molar-refractivity contribution in [3.63, 3.8) is 0 Å². The number of nitrogens with zero attached hydrogens (tertiary/aromatic N) is 1. The molecular formula is C17H14F3NO5S. The van der Waals surface area contributed by atoms with E-state index in [4.69, 9.17) is 0 Å². The van der Waals surface area contributed by atoms with E-state index in [-0.39, 0.29) is 10.5 Å². The minimum atomic E-state index is -4.66. The molecule has 0 fully saturated rings. The van der Waals surface area contributed by atoms with E-state index in [1.807, 2.05) is 0 Å². The van der Waals surface area contributed by atoms with Gasteiger partial charge in [0, 0.05) is 5.56 Å². The van der Waals surface area contributed by atoms with Gasteiger partial charge in [0.05, 0.1) is 12.7 Å². The third-order valence-electron chi connectivity index (χ3n) is 3.38. The van der Waals surface area contributed by atoms with E-state index in [1.165, 1.54) is 24.3 Å². The zero-order chi connectivity index (χ0) is 20.2. The van der Waals surface area contributed by atoms with Gasteiger partial charge in [0.25, 0.3) is 0 Å². The van der Waals surface area contributed by atoms with E-state index in [1.54, 1.807) is 6.92 Å². The van der Waals surface area contributed by atoms with Gasteiger partial charge in [-0.2, -0.15) is 21.6 Å². The van der Waals surface area contributed by atoms with Crippen molar-refractivity contribution < 1.29 is 35.4 Å². The van der Waals surface area contributed by atoms with Crippen LogP contribution in [-0.2, 0) is 30.1 Å². The summed E-state index contributed by atoms with van der Waals surface area (Å²) in [5.41, 5.74) is -1.27. The monoisotopic (exact) mass is 401 g/mol. The Morgan fingerprint density at radius 1 is 1.07 bits per heavy atom. The van der Waals surface area contributed by atoms with Gasteiger partial charge in [0.15, 0.2) is 5.71 Å². The highest BCUT2D eigenvalue weighted by Gasteiger charge is 2.31.